The lowest BCUT2D eigenvalue weighted by atomic mass is 9.41. The predicted molar refractivity (Wildman–Crippen MR) is 86.7 cm³/mol. The molecule has 3 aliphatic rings. The maximum atomic E-state index is 11.9. The maximum absolute atomic E-state index is 11.9. The average Bonchev–Trinajstić information content (AvgIpc) is 2.96. The minimum Gasteiger partial charge on any atom is -0.472 e. The van der Waals surface area contributed by atoms with Crippen LogP contribution in [0.3, 0.4) is 0 Å². The number of carbonyl (C=O) groups excluding carboxylic acids is 1. The molecule has 2 fully saturated rings. The highest BCUT2D eigenvalue weighted by molar-refractivity contribution is 5.60. The van der Waals surface area contributed by atoms with Crippen molar-refractivity contribution in [1.82, 2.24) is 0 Å². The molecular weight excluding hydrogens is 272 g/mol. The molecule has 0 spiro atoms. The third-order valence-electron chi connectivity index (χ3n) is 7.87. The summed E-state index contributed by atoms with van der Waals surface area (Å²) in [5.41, 5.74) is 3.32. The van der Waals surface area contributed by atoms with Crippen molar-refractivity contribution in [2.75, 3.05) is 0 Å². The number of carbonyl (C=O) groups is 1. The van der Waals surface area contributed by atoms with Crippen LogP contribution in [0.15, 0.2) is 16.9 Å². The molecule has 2 unspecified atom stereocenters. The van der Waals surface area contributed by atoms with E-state index in [1.165, 1.54) is 49.5 Å². The van der Waals surface area contributed by atoms with E-state index in [1.54, 1.807) is 0 Å². The molecule has 22 heavy (non-hydrogen) atoms. The Morgan fingerprint density at radius 1 is 1.09 bits per heavy atom. The lowest BCUT2D eigenvalue weighted by Gasteiger charge is -2.63. The molecule has 0 bridgehead atoms. The summed E-state index contributed by atoms with van der Waals surface area (Å²) < 4.78 is 5.56. The van der Waals surface area contributed by atoms with Gasteiger partial charge < -0.3 is 9.21 Å². The number of furan rings is 1. The second-order valence-corrected chi connectivity index (χ2v) is 8.89. The molecule has 0 radical (unpaired) electrons. The van der Waals surface area contributed by atoms with Gasteiger partial charge in [0.2, 0.25) is 0 Å². The number of hydrogen-bond donors (Lipinski definition) is 0. The van der Waals surface area contributed by atoms with E-state index in [1.807, 2.05) is 12.5 Å². The molecule has 1 aromatic rings. The highest BCUT2D eigenvalue weighted by Gasteiger charge is 2.60. The highest BCUT2D eigenvalue weighted by atomic mass is 16.3. The van der Waals surface area contributed by atoms with Crippen molar-refractivity contribution >= 4 is 6.29 Å². The molecule has 2 saturated carbocycles. The van der Waals surface area contributed by atoms with E-state index in [2.05, 4.69) is 20.8 Å². The van der Waals surface area contributed by atoms with Gasteiger partial charge in [-0.3, -0.25) is 0 Å². The zero-order valence-corrected chi connectivity index (χ0v) is 14.2. The summed E-state index contributed by atoms with van der Waals surface area (Å²) in [6.07, 6.45) is 13.6. The Hall–Kier alpha value is -1.05. The third-order valence-corrected chi connectivity index (χ3v) is 7.87. The normalized spacial score (nSPS) is 47.2. The summed E-state index contributed by atoms with van der Waals surface area (Å²) in [4.78, 5) is 11.9. The van der Waals surface area contributed by atoms with Gasteiger partial charge in [0.15, 0.2) is 0 Å². The van der Waals surface area contributed by atoms with E-state index in [9.17, 15) is 4.79 Å². The molecule has 120 valence electrons. The average molecular weight is 300 g/mol. The largest absolute Gasteiger partial charge is 0.472 e. The van der Waals surface area contributed by atoms with Crippen LogP contribution in [-0.4, -0.2) is 6.29 Å². The van der Waals surface area contributed by atoms with Gasteiger partial charge in [0, 0.05) is 5.41 Å². The summed E-state index contributed by atoms with van der Waals surface area (Å²) in [5, 5.41) is 0. The van der Waals surface area contributed by atoms with Gasteiger partial charge in [-0.15, -0.1) is 0 Å². The number of aryl methyl sites for hydroxylation is 1. The Balaban J connectivity index is 1.80. The Morgan fingerprint density at radius 3 is 2.68 bits per heavy atom. The number of rotatable bonds is 1. The fourth-order valence-electron chi connectivity index (χ4n) is 6.80. The van der Waals surface area contributed by atoms with Crippen LogP contribution in [0.2, 0.25) is 0 Å². The number of fused-ring (bicyclic) bond motifs is 5. The Morgan fingerprint density at radius 2 is 1.91 bits per heavy atom. The van der Waals surface area contributed by atoms with Crippen LogP contribution < -0.4 is 0 Å². The summed E-state index contributed by atoms with van der Waals surface area (Å²) in [5.74, 6) is 1.24. The standard InChI is InChI=1S/C20H28O2/c1-18(13-21)8-4-9-20(3)16(18)7-10-19(2)15-12-22-11-14(15)5-6-17(19)20/h11-13,16-17H,4-10H2,1-3H3/t16?,17?,18-,19+,20+/m1/s1. The molecular formula is C20H28O2. The van der Waals surface area contributed by atoms with E-state index in [0.717, 1.165) is 12.8 Å². The topological polar surface area (TPSA) is 30.2 Å². The van der Waals surface area contributed by atoms with Crippen molar-refractivity contribution < 1.29 is 9.21 Å². The molecule has 2 nitrogen and oxygen atoms in total. The highest BCUT2D eigenvalue weighted by Crippen LogP contribution is 2.66. The van der Waals surface area contributed by atoms with Crippen LogP contribution in [0.4, 0.5) is 0 Å². The smallest absolute Gasteiger partial charge is 0.126 e. The first kappa shape index (κ1) is 14.5. The van der Waals surface area contributed by atoms with E-state index >= 15 is 0 Å². The second kappa shape index (κ2) is 4.49. The molecule has 0 saturated heterocycles. The summed E-state index contributed by atoms with van der Waals surface area (Å²) >= 11 is 0. The molecule has 1 heterocycles. The Bertz CT molecular complexity index is 603. The summed E-state index contributed by atoms with van der Waals surface area (Å²) in [6.45, 7) is 7.17. The van der Waals surface area contributed by atoms with Crippen molar-refractivity contribution in [3.63, 3.8) is 0 Å². The summed E-state index contributed by atoms with van der Waals surface area (Å²) in [7, 11) is 0. The first-order valence-electron chi connectivity index (χ1n) is 8.96. The van der Waals surface area contributed by atoms with Gasteiger partial charge in [0.05, 0.1) is 12.5 Å². The molecule has 5 atom stereocenters. The lowest BCUT2D eigenvalue weighted by Crippen LogP contribution is -2.58. The van der Waals surface area contributed by atoms with Crippen molar-refractivity contribution in [3.05, 3.63) is 23.7 Å². The zero-order valence-electron chi connectivity index (χ0n) is 14.2. The fraction of sp³-hybridized carbons (Fsp3) is 0.750. The minimum absolute atomic E-state index is 0.106. The van der Waals surface area contributed by atoms with E-state index in [4.69, 9.17) is 4.42 Å². The summed E-state index contributed by atoms with van der Waals surface area (Å²) in [6, 6.07) is 0. The SMILES string of the molecule is C[C@]12CCC[C@](C)(C=O)C1CC[C@@]1(C)c3cocc3CCC21. The Labute approximate surface area is 133 Å². The monoisotopic (exact) mass is 300 g/mol. The third kappa shape index (κ3) is 1.64. The van der Waals surface area contributed by atoms with Gasteiger partial charge in [0.1, 0.15) is 6.29 Å². The molecule has 4 rings (SSSR count). The van der Waals surface area contributed by atoms with Gasteiger partial charge >= 0.3 is 0 Å². The van der Waals surface area contributed by atoms with Gasteiger partial charge in [-0.1, -0.05) is 27.2 Å². The van der Waals surface area contributed by atoms with Crippen LogP contribution in [0.5, 0.6) is 0 Å². The predicted octanol–water partition coefficient (Wildman–Crippen LogP) is 4.91. The van der Waals surface area contributed by atoms with Gasteiger partial charge in [-0.05, 0) is 72.3 Å². The minimum atomic E-state index is -0.106. The quantitative estimate of drug-likeness (QED) is 0.690. The molecule has 2 heteroatoms. The molecule has 0 N–H and O–H groups in total. The van der Waals surface area contributed by atoms with Crippen LogP contribution in [0, 0.1) is 22.7 Å². The van der Waals surface area contributed by atoms with Crippen LogP contribution in [0.1, 0.15) is 70.4 Å². The molecule has 0 aromatic carbocycles. The maximum Gasteiger partial charge on any atom is 0.126 e. The van der Waals surface area contributed by atoms with Crippen molar-refractivity contribution in [1.29, 1.82) is 0 Å². The number of aldehydes is 1. The van der Waals surface area contributed by atoms with Gasteiger partial charge in [-0.25, -0.2) is 0 Å². The van der Waals surface area contributed by atoms with Gasteiger partial charge in [0.25, 0.3) is 0 Å². The van der Waals surface area contributed by atoms with Crippen molar-refractivity contribution in [2.45, 2.75) is 71.1 Å². The van der Waals surface area contributed by atoms with Crippen LogP contribution >= 0.6 is 0 Å². The molecule has 0 amide bonds. The fourth-order valence-corrected chi connectivity index (χ4v) is 6.80. The molecule has 0 aliphatic heterocycles. The Kier molecular flexibility index (Phi) is 2.97. The van der Waals surface area contributed by atoms with E-state index in [-0.39, 0.29) is 10.8 Å². The van der Waals surface area contributed by atoms with Crippen LogP contribution in [-0.2, 0) is 16.6 Å². The number of hydrogen-bond acceptors (Lipinski definition) is 2. The lowest BCUT2D eigenvalue weighted by molar-refractivity contribution is -0.142. The van der Waals surface area contributed by atoms with Crippen LogP contribution in [0.25, 0.3) is 0 Å². The first-order chi connectivity index (χ1) is 10.4. The van der Waals surface area contributed by atoms with Gasteiger partial charge in [-0.2, -0.15) is 0 Å². The second-order valence-electron chi connectivity index (χ2n) is 8.89. The van der Waals surface area contributed by atoms with Crippen molar-refractivity contribution in [2.24, 2.45) is 22.7 Å². The van der Waals surface area contributed by atoms with Crippen molar-refractivity contribution in [3.8, 4) is 0 Å². The molecule has 3 aliphatic carbocycles. The zero-order chi connectivity index (χ0) is 15.6. The molecule has 1 aromatic heterocycles. The van der Waals surface area contributed by atoms with E-state index < -0.39 is 0 Å². The first-order valence-corrected chi connectivity index (χ1v) is 8.96. The van der Waals surface area contributed by atoms with E-state index in [0.29, 0.717) is 17.3 Å².